The number of allylic oxidation sites excluding steroid dienone is 1. The SMILES string of the molecule is CC(=O)SCCC=Cc1ccccc1OCC(=O)NN. The first-order valence-electron chi connectivity index (χ1n) is 6.14. The van der Waals surface area contributed by atoms with Gasteiger partial charge in [-0.3, -0.25) is 15.0 Å². The zero-order chi connectivity index (χ0) is 14.8. The Hall–Kier alpha value is -1.79. The van der Waals surface area contributed by atoms with Crippen molar-refractivity contribution in [2.24, 2.45) is 5.84 Å². The van der Waals surface area contributed by atoms with Crippen molar-refractivity contribution >= 4 is 28.9 Å². The molecule has 0 radical (unpaired) electrons. The predicted octanol–water partition coefficient (Wildman–Crippen LogP) is 1.74. The van der Waals surface area contributed by atoms with Crippen molar-refractivity contribution in [3.05, 3.63) is 35.9 Å². The predicted molar refractivity (Wildman–Crippen MR) is 81.1 cm³/mol. The summed E-state index contributed by atoms with van der Waals surface area (Å²) in [5, 5.41) is 0.120. The van der Waals surface area contributed by atoms with Crippen LogP contribution < -0.4 is 16.0 Å². The lowest BCUT2D eigenvalue weighted by atomic mass is 10.2. The Kier molecular flexibility index (Phi) is 7.46. The number of hydrogen-bond donors (Lipinski definition) is 2. The number of amides is 1. The Morgan fingerprint density at radius 2 is 2.15 bits per heavy atom. The highest BCUT2D eigenvalue weighted by atomic mass is 32.2. The van der Waals surface area contributed by atoms with Crippen LogP contribution in [-0.2, 0) is 9.59 Å². The maximum atomic E-state index is 11.0. The lowest BCUT2D eigenvalue weighted by Gasteiger charge is -2.08. The Balaban J connectivity index is 2.54. The summed E-state index contributed by atoms with van der Waals surface area (Å²) in [7, 11) is 0. The van der Waals surface area contributed by atoms with Gasteiger partial charge < -0.3 is 4.74 Å². The van der Waals surface area contributed by atoms with E-state index in [2.05, 4.69) is 0 Å². The normalized spacial score (nSPS) is 10.5. The molecule has 0 spiro atoms. The summed E-state index contributed by atoms with van der Waals surface area (Å²) in [6, 6.07) is 7.40. The van der Waals surface area contributed by atoms with Crippen molar-refractivity contribution in [2.75, 3.05) is 12.4 Å². The van der Waals surface area contributed by atoms with Gasteiger partial charge in [-0.2, -0.15) is 0 Å². The van der Waals surface area contributed by atoms with E-state index < -0.39 is 0 Å². The smallest absolute Gasteiger partial charge is 0.271 e. The summed E-state index contributed by atoms with van der Waals surface area (Å²) in [5.41, 5.74) is 2.89. The van der Waals surface area contributed by atoms with Gasteiger partial charge in [-0.15, -0.1) is 0 Å². The van der Waals surface area contributed by atoms with Gasteiger partial charge in [0, 0.05) is 18.2 Å². The van der Waals surface area contributed by atoms with E-state index in [1.165, 1.54) is 11.8 Å². The first-order chi connectivity index (χ1) is 9.63. The third-order valence-electron chi connectivity index (χ3n) is 2.33. The number of nitrogens with two attached hydrogens (primary N) is 1. The van der Waals surface area contributed by atoms with Crippen molar-refractivity contribution in [1.29, 1.82) is 0 Å². The average Bonchev–Trinajstić information content (AvgIpc) is 2.45. The number of ether oxygens (including phenoxy) is 1. The number of carbonyl (C=O) groups excluding carboxylic acids is 2. The van der Waals surface area contributed by atoms with Crippen LogP contribution in [0.1, 0.15) is 18.9 Å². The van der Waals surface area contributed by atoms with Crippen LogP contribution in [0.2, 0.25) is 0 Å². The molecule has 0 fully saturated rings. The molecule has 0 aliphatic heterocycles. The van der Waals surface area contributed by atoms with E-state index in [9.17, 15) is 9.59 Å². The molecular weight excluding hydrogens is 276 g/mol. The maximum Gasteiger partial charge on any atom is 0.271 e. The zero-order valence-electron chi connectivity index (χ0n) is 11.3. The minimum absolute atomic E-state index is 0.120. The highest BCUT2D eigenvalue weighted by Gasteiger charge is 2.03. The molecule has 0 heterocycles. The van der Waals surface area contributed by atoms with E-state index in [1.807, 2.05) is 35.8 Å². The molecule has 0 saturated heterocycles. The number of hydrogen-bond acceptors (Lipinski definition) is 5. The largest absolute Gasteiger partial charge is 0.483 e. The molecule has 1 aromatic carbocycles. The minimum Gasteiger partial charge on any atom is -0.483 e. The van der Waals surface area contributed by atoms with Gasteiger partial charge in [0.1, 0.15) is 5.75 Å². The lowest BCUT2D eigenvalue weighted by Crippen LogP contribution is -2.34. The van der Waals surface area contributed by atoms with Gasteiger partial charge in [-0.1, -0.05) is 42.1 Å². The van der Waals surface area contributed by atoms with Gasteiger partial charge in [0.15, 0.2) is 11.7 Å². The van der Waals surface area contributed by atoms with Gasteiger partial charge in [0.05, 0.1) is 0 Å². The van der Waals surface area contributed by atoms with E-state index in [0.29, 0.717) is 5.75 Å². The molecule has 1 amide bonds. The summed E-state index contributed by atoms with van der Waals surface area (Å²) in [6.45, 7) is 1.43. The lowest BCUT2D eigenvalue weighted by molar-refractivity contribution is -0.123. The van der Waals surface area contributed by atoms with Crippen LogP contribution in [0, 0.1) is 0 Å². The highest BCUT2D eigenvalue weighted by Crippen LogP contribution is 2.19. The number of rotatable bonds is 7. The third-order valence-corrected chi connectivity index (χ3v) is 3.17. The minimum atomic E-state index is -0.387. The van der Waals surface area contributed by atoms with E-state index in [1.54, 1.807) is 13.0 Å². The second-order valence-electron chi connectivity index (χ2n) is 3.93. The summed E-state index contributed by atoms with van der Waals surface area (Å²) in [6.07, 6.45) is 4.68. The highest BCUT2D eigenvalue weighted by molar-refractivity contribution is 8.13. The molecule has 0 unspecified atom stereocenters. The number of carbonyl (C=O) groups is 2. The summed E-state index contributed by atoms with van der Waals surface area (Å²) in [5.74, 6) is 5.97. The summed E-state index contributed by atoms with van der Waals surface area (Å²) in [4.78, 5) is 21.8. The Bertz CT molecular complexity index is 489. The molecule has 6 heteroatoms. The van der Waals surface area contributed by atoms with Crippen molar-refractivity contribution in [1.82, 2.24) is 5.43 Å². The van der Waals surface area contributed by atoms with Gasteiger partial charge in [-0.25, -0.2) is 5.84 Å². The van der Waals surface area contributed by atoms with Crippen LogP contribution in [0.5, 0.6) is 5.75 Å². The van der Waals surface area contributed by atoms with Crippen LogP contribution in [0.4, 0.5) is 0 Å². The fraction of sp³-hybridized carbons (Fsp3) is 0.286. The number of thioether (sulfide) groups is 1. The molecule has 1 aromatic rings. The Morgan fingerprint density at radius 1 is 1.40 bits per heavy atom. The molecule has 0 bridgehead atoms. The number of nitrogens with one attached hydrogen (secondary N) is 1. The van der Waals surface area contributed by atoms with Crippen LogP contribution >= 0.6 is 11.8 Å². The molecule has 0 saturated carbocycles. The molecule has 0 aliphatic rings. The topological polar surface area (TPSA) is 81.4 Å². The third kappa shape index (κ3) is 6.40. The molecule has 5 nitrogen and oxygen atoms in total. The molecule has 0 atom stereocenters. The number of hydrazine groups is 1. The molecule has 0 aromatic heterocycles. The fourth-order valence-corrected chi connectivity index (χ4v) is 1.96. The van der Waals surface area contributed by atoms with Crippen molar-refractivity contribution in [3.8, 4) is 5.75 Å². The van der Waals surface area contributed by atoms with Crippen molar-refractivity contribution < 1.29 is 14.3 Å². The van der Waals surface area contributed by atoms with Gasteiger partial charge in [0.25, 0.3) is 5.91 Å². The van der Waals surface area contributed by atoms with Crippen LogP contribution in [0.25, 0.3) is 6.08 Å². The Labute approximate surface area is 122 Å². The molecule has 20 heavy (non-hydrogen) atoms. The molecule has 0 aliphatic carbocycles. The van der Waals surface area contributed by atoms with E-state index in [-0.39, 0.29) is 17.6 Å². The monoisotopic (exact) mass is 294 g/mol. The number of benzene rings is 1. The maximum absolute atomic E-state index is 11.0. The van der Waals surface area contributed by atoms with Gasteiger partial charge in [-0.05, 0) is 12.5 Å². The Morgan fingerprint density at radius 3 is 2.85 bits per heavy atom. The summed E-state index contributed by atoms with van der Waals surface area (Å²) < 4.78 is 5.38. The first-order valence-corrected chi connectivity index (χ1v) is 7.13. The average molecular weight is 294 g/mol. The van der Waals surface area contributed by atoms with Gasteiger partial charge >= 0.3 is 0 Å². The quantitative estimate of drug-likeness (QED) is 0.346. The zero-order valence-corrected chi connectivity index (χ0v) is 12.1. The van der Waals surface area contributed by atoms with E-state index in [4.69, 9.17) is 10.6 Å². The van der Waals surface area contributed by atoms with E-state index >= 15 is 0 Å². The first kappa shape index (κ1) is 16.3. The molecule has 1 rings (SSSR count). The molecule has 3 N–H and O–H groups in total. The van der Waals surface area contributed by atoms with Gasteiger partial charge in [0.2, 0.25) is 0 Å². The van der Waals surface area contributed by atoms with Crippen LogP contribution in [-0.4, -0.2) is 23.4 Å². The van der Waals surface area contributed by atoms with E-state index in [0.717, 1.165) is 17.7 Å². The number of para-hydroxylation sites is 1. The summed E-state index contributed by atoms with van der Waals surface area (Å²) >= 11 is 1.30. The second-order valence-corrected chi connectivity index (χ2v) is 5.20. The standard InChI is InChI=1S/C14H18N2O3S/c1-11(17)20-9-5-4-7-12-6-2-3-8-13(12)19-10-14(18)16-15/h2-4,6-8H,5,9-10,15H2,1H3,(H,16,18). The van der Waals surface area contributed by atoms with Crippen LogP contribution in [0.15, 0.2) is 30.3 Å². The van der Waals surface area contributed by atoms with Crippen molar-refractivity contribution in [2.45, 2.75) is 13.3 Å². The fourth-order valence-electron chi connectivity index (χ4n) is 1.42. The molecule has 108 valence electrons. The molecular formula is C14H18N2O3S. The van der Waals surface area contributed by atoms with Crippen molar-refractivity contribution in [3.63, 3.8) is 0 Å². The second kappa shape index (κ2) is 9.17. The van der Waals surface area contributed by atoms with Crippen LogP contribution in [0.3, 0.4) is 0 Å².